The highest BCUT2D eigenvalue weighted by Crippen LogP contribution is 2.27. The van der Waals surface area contributed by atoms with Crippen molar-refractivity contribution >= 4 is 39.9 Å². The summed E-state index contributed by atoms with van der Waals surface area (Å²) in [4.78, 5) is 12.2. The van der Waals surface area contributed by atoms with Crippen LogP contribution in [-0.4, -0.2) is 19.0 Å². The summed E-state index contributed by atoms with van der Waals surface area (Å²) in [5, 5.41) is 6.21. The van der Waals surface area contributed by atoms with Gasteiger partial charge in [0.25, 0.3) is 0 Å². The van der Waals surface area contributed by atoms with Crippen molar-refractivity contribution in [1.82, 2.24) is 5.32 Å². The van der Waals surface area contributed by atoms with Gasteiger partial charge in [0.05, 0.1) is 5.41 Å². The van der Waals surface area contributed by atoms with Crippen LogP contribution in [0.4, 0.5) is 5.69 Å². The molecule has 0 spiro atoms. The first kappa shape index (κ1) is 15.5. The van der Waals surface area contributed by atoms with Gasteiger partial charge in [-0.2, -0.15) is 0 Å². The molecule has 0 aliphatic carbocycles. The second kappa shape index (κ2) is 6.04. The molecule has 1 aliphatic rings. The van der Waals surface area contributed by atoms with Crippen molar-refractivity contribution in [2.45, 2.75) is 20.3 Å². The summed E-state index contributed by atoms with van der Waals surface area (Å²) >= 11 is 3.47. The number of nitrogens with one attached hydrogen (secondary N) is 2. The number of rotatable bonds is 2. The molecule has 1 aliphatic heterocycles. The minimum Gasteiger partial charge on any atom is -0.326 e. The quantitative estimate of drug-likeness (QED) is 0.873. The first-order valence-electron chi connectivity index (χ1n) is 5.80. The van der Waals surface area contributed by atoms with E-state index in [1.54, 1.807) is 0 Å². The number of hydrogen-bond acceptors (Lipinski definition) is 2. The number of anilines is 1. The van der Waals surface area contributed by atoms with Gasteiger partial charge in [-0.3, -0.25) is 4.79 Å². The zero-order chi connectivity index (χ0) is 12.5. The number of hydrogen-bond donors (Lipinski definition) is 2. The van der Waals surface area contributed by atoms with Crippen molar-refractivity contribution in [3.63, 3.8) is 0 Å². The Balaban J connectivity index is 0.00000162. The Bertz CT molecular complexity index is 445. The highest BCUT2D eigenvalue weighted by atomic mass is 79.9. The van der Waals surface area contributed by atoms with Crippen LogP contribution in [-0.2, 0) is 4.79 Å². The van der Waals surface area contributed by atoms with E-state index in [9.17, 15) is 4.79 Å². The molecular formula is C13H18BrClN2O. The molecule has 3 nitrogen and oxygen atoms in total. The van der Waals surface area contributed by atoms with Crippen LogP contribution in [0.1, 0.15) is 18.9 Å². The maximum absolute atomic E-state index is 12.2. The predicted molar refractivity (Wildman–Crippen MR) is 80.4 cm³/mol. The highest BCUT2D eigenvalue weighted by Gasteiger charge is 2.36. The van der Waals surface area contributed by atoms with Gasteiger partial charge in [-0.15, -0.1) is 12.4 Å². The smallest absolute Gasteiger partial charge is 0.231 e. The molecule has 1 amide bonds. The summed E-state index contributed by atoms with van der Waals surface area (Å²) in [5.41, 5.74) is 1.73. The Morgan fingerprint density at radius 2 is 2.22 bits per heavy atom. The van der Waals surface area contributed by atoms with Crippen molar-refractivity contribution in [2.75, 3.05) is 18.4 Å². The van der Waals surface area contributed by atoms with E-state index in [4.69, 9.17) is 0 Å². The molecule has 1 fully saturated rings. The van der Waals surface area contributed by atoms with Crippen molar-refractivity contribution in [1.29, 1.82) is 0 Å². The topological polar surface area (TPSA) is 41.1 Å². The molecule has 2 N–H and O–H groups in total. The third-order valence-electron chi connectivity index (χ3n) is 3.35. The number of carbonyl (C=O) groups excluding carboxylic acids is 1. The van der Waals surface area contributed by atoms with Crippen LogP contribution in [0.3, 0.4) is 0 Å². The molecular weight excluding hydrogens is 316 g/mol. The summed E-state index contributed by atoms with van der Waals surface area (Å²) in [5.74, 6) is 0.0956. The Morgan fingerprint density at radius 1 is 1.50 bits per heavy atom. The summed E-state index contributed by atoms with van der Waals surface area (Å²) in [6.45, 7) is 5.71. The Labute approximate surface area is 122 Å². The van der Waals surface area contributed by atoms with E-state index in [2.05, 4.69) is 26.6 Å². The summed E-state index contributed by atoms with van der Waals surface area (Å²) in [6, 6.07) is 5.87. The van der Waals surface area contributed by atoms with Gasteiger partial charge >= 0.3 is 0 Å². The molecule has 1 unspecified atom stereocenters. The molecule has 1 atom stereocenters. The molecule has 0 saturated carbocycles. The van der Waals surface area contributed by atoms with Crippen LogP contribution in [0.15, 0.2) is 22.7 Å². The van der Waals surface area contributed by atoms with E-state index in [0.717, 1.165) is 35.2 Å². The number of aryl methyl sites for hydroxylation is 1. The van der Waals surface area contributed by atoms with Gasteiger partial charge in [0.1, 0.15) is 0 Å². The molecule has 1 heterocycles. The van der Waals surface area contributed by atoms with Crippen LogP contribution in [0.2, 0.25) is 0 Å². The van der Waals surface area contributed by atoms with Gasteiger partial charge in [0, 0.05) is 16.7 Å². The SMILES string of the molecule is Cc1ccc(NC(=O)C2(C)CCNC2)cc1Br.Cl. The fourth-order valence-electron chi connectivity index (χ4n) is 1.96. The maximum Gasteiger partial charge on any atom is 0.231 e. The van der Waals surface area contributed by atoms with E-state index >= 15 is 0 Å². The lowest BCUT2D eigenvalue weighted by atomic mass is 9.89. The average Bonchev–Trinajstić information content (AvgIpc) is 2.72. The molecule has 1 aromatic rings. The van der Waals surface area contributed by atoms with Gasteiger partial charge in [0.15, 0.2) is 0 Å². The maximum atomic E-state index is 12.2. The van der Waals surface area contributed by atoms with Crippen molar-refractivity contribution in [3.8, 4) is 0 Å². The molecule has 2 rings (SSSR count). The molecule has 0 radical (unpaired) electrons. The lowest BCUT2D eigenvalue weighted by molar-refractivity contribution is -0.123. The minimum absolute atomic E-state index is 0. The number of halogens is 2. The number of amides is 1. The van der Waals surface area contributed by atoms with E-state index in [1.807, 2.05) is 32.0 Å². The van der Waals surface area contributed by atoms with Crippen LogP contribution >= 0.6 is 28.3 Å². The van der Waals surface area contributed by atoms with Crippen LogP contribution < -0.4 is 10.6 Å². The van der Waals surface area contributed by atoms with Crippen molar-refractivity contribution in [3.05, 3.63) is 28.2 Å². The molecule has 100 valence electrons. The summed E-state index contributed by atoms with van der Waals surface area (Å²) in [6.07, 6.45) is 0.895. The zero-order valence-corrected chi connectivity index (χ0v) is 13.0. The number of carbonyl (C=O) groups is 1. The van der Waals surface area contributed by atoms with Crippen molar-refractivity contribution in [2.24, 2.45) is 5.41 Å². The van der Waals surface area contributed by atoms with E-state index < -0.39 is 0 Å². The summed E-state index contributed by atoms with van der Waals surface area (Å²) in [7, 11) is 0. The molecule has 5 heteroatoms. The fourth-order valence-corrected chi connectivity index (χ4v) is 2.34. The Morgan fingerprint density at radius 3 is 2.78 bits per heavy atom. The van der Waals surface area contributed by atoms with Crippen LogP contribution in [0, 0.1) is 12.3 Å². The molecule has 0 bridgehead atoms. The van der Waals surface area contributed by atoms with Crippen LogP contribution in [0.5, 0.6) is 0 Å². The standard InChI is InChI=1S/C13H17BrN2O.ClH/c1-9-3-4-10(7-11(9)14)16-12(17)13(2)5-6-15-8-13;/h3-4,7,15H,5-6,8H2,1-2H3,(H,16,17);1H. The minimum atomic E-state index is -0.280. The van der Waals surface area contributed by atoms with Crippen LogP contribution in [0.25, 0.3) is 0 Å². The van der Waals surface area contributed by atoms with E-state index in [0.29, 0.717) is 0 Å². The van der Waals surface area contributed by atoms with Gasteiger partial charge in [-0.1, -0.05) is 22.0 Å². The number of benzene rings is 1. The van der Waals surface area contributed by atoms with E-state index in [-0.39, 0.29) is 23.7 Å². The average molecular weight is 334 g/mol. The normalized spacial score (nSPS) is 22.4. The fraction of sp³-hybridized carbons (Fsp3) is 0.462. The molecule has 0 aromatic heterocycles. The monoisotopic (exact) mass is 332 g/mol. The second-order valence-electron chi connectivity index (χ2n) is 4.91. The second-order valence-corrected chi connectivity index (χ2v) is 5.76. The first-order valence-corrected chi connectivity index (χ1v) is 6.59. The molecule has 1 saturated heterocycles. The molecule has 1 aromatic carbocycles. The van der Waals surface area contributed by atoms with E-state index in [1.165, 1.54) is 0 Å². The van der Waals surface area contributed by atoms with Gasteiger partial charge in [-0.05, 0) is 44.5 Å². The largest absolute Gasteiger partial charge is 0.326 e. The van der Waals surface area contributed by atoms with Gasteiger partial charge < -0.3 is 10.6 Å². The van der Waals surface area contributed by atoms with Crippen molar-refractivity contribution < 1.29 is 4.79 Å². The van der Waals surface area contributed by atoms with Gasteiger partial charge in [0.2, 0.25) is 5.91 Å². The Hall–Kier alpha value is -0.580. The lowest BCUT2D eigenvalue weighted by Crippen LogP contribution is -2.35. The highest BCUT2D eigenvalue weighted by molar-refractivity contribution is 9.10. The van der Waals surface area contributed by atoms with Gasteiger partial charge in [-0.25, -0.2) is 0 Å². The first-order chi connectivity index (χ1) is 8.01. The summed E-state index contributed by atoms with van der Waals surface area (Å²) < 4.78 is 1.02. The third kappa shape index (κ3) is 3.25. The Kier molecular flexibility index (Phi) is 5.20. The lowest BCUT2D eigenvalue weighted by Gasteiger charge is -2.21. The predicted octanol–water partition coefficient (Wildman–Crippen LogP) is 3.12. The third-order valence-corrected chi connectivity index (χ3v) is 4.20. The zero-order valence-electron chi connectivity index (χ0n) is 10.5. The molecule has 18 heavy (non-hydrogen) atoms.